The predicted molar refractivity (Wildman–Crippen MR) is 69.2 cm³/mol. The van der Waals surface area contributed by atoms with Crippen molar-refractivity contribution < 1.29 is 4.39 Å². The first kappa shape index (κ1) is 11.8. The Morgan fingerprint density at radius 3 is 2.41 bits per heavy atom. The summed E-state index contributed by atoms with van der Waals surface area (Å²) in [7, 11) is 0. The summed E-state index contributed by atoms with van der Waals surface area (Å²) in [5.74, 6) is -0.225. The molecule has 0 fully saturated rings. The molecule has 0 aliphatic heterocycles. The van der Waals surface area contributed by atoms with Crippen LogP contribution < -0.4 is 5.73 Å². The Labute approximate surface area is 101 Å². The van der Waals surface area contributed by atoms with Gasteiger partial charge in [-0.3, -0.25) is 0 Å². The van der Waals surface area contributed by atoms with Crippen molar-refractivity contribution in [2.75, 3.05) is 0 Å². The molecule has 2 aromatic carbocycles. The highest BCUT2D eigenvalue weighted by atomic mass is 19.1. The van der Waals surface area contributed by atoms with Crippen molar-refractivity contribution in [1.29, 1.82) is 0 Å². The molecule has 2 heteroatoms. The van der Waals surface area contributed by atoms with E-state index in [1.165, 1.54) is 11.6 Å². The van der Waals surface area contributed by atoms with E-state index in [9.17, 15) is 4.39 Å². The molecule has 1 nitrogen and oxygen atoms in total. The van der Waals surface area contributed by atoms with Crippen LogP contribution in [0.5, 0.6) is 0 Å². The standard InChI is InChI=1S/C15H16FN/c1-10-3-6-14(11(2)7-10)15-8-13(16)5-4-12(15)9-17/h3-8H,9,17H2,1-2H3. The third kappa shape index (κ3) is 2.37. The zero-order valence-electron chi connectivity index (χ0n) is 10.1. The van der Waals surface area contributed by atoms with E-state index in [-0.39, 0.29) is 5.82 Å². The van der Waals surface area contributed by atoms with Gasteiger partial charge in [0.05, 0.1) is 0 Å². The van der Waals surface area contributed by atoms with Gasteiger partial charge in [0.15, 0.2) is 0 Å². The largest absolute Gasteiger partial charge is 0.326 e. The van der Waals surface area contributed by atoms with Crippen LogP contribution in [0.2, 0.25) is 0 Å². The van der Waals surface area contributed by atoms with Gasteiger partial charge in [0.25, 0.3) is 0 Å². The molecule has 0 unspecified atom stereocenters. The summed E-state index contributed by atoms with van der Waals surface area (Å²) in [5, 5.41) is 0. The molecule has 0 saturated heterocycles. The smallest absolute Gasteiger partial charge is 0.123 e. The Morgan fingerprint density at radius 2 is 1.76 bits per heavy atom. The lowest BCUT2D eigenvalue weighted by Crippen LogP contribution is -2.00. The molecule has 0 saturated carbocycles. The fourth-order valence-electron chi connectivity index (χ4n) is 2.09. The topological polar surface area (TPSA) is 26.0 Å². The lowest BCUT2D eigenvalue weighted by molar-refractivity contribution is 0.627. The number of hydrogen-bond donors (Lipinski definition) is 1. The van der Waals surface area contributed by atoms with Crippen LogP contribution in [0.4, 0.5) is 4.39 Å². The van der Waals surface area contributed by atoms with Crippen LogP contribution in [-0.2, 0) is 6.54 Å². The quantitative estimate of drug-likeness (QED) is 0.837. The molecule has 0 spiro atoms. The second kappa shape index (κ2) is 4.68. The first-order chi connectivity index (χ1) is 8.11. The summed E-state index contributed by atoms with van der Waals surface area (Å²) < 4.78 is 13.3. The Hall–Kier alpha value is -1.67. The van der Waals surface area contributed by atoms with Crippen molar-refractivity contribution in [3.8, 4) is 11.1 Å². The third-order valence-corrected chi connectivity index (χ3v) is 2.96. The monoisotopic (exact) mass is 229 g/mol. The number of halogens is 1. The number of rotatable bonds is 2. The predicted octanol–water partition coefficient (Wildman–Crippen LogP) is 3.57. The Balaban J connectivity index is 2.62. The van der Waals surface area contributed by atoms with Crippen LogP contribution in [-0.4, -0.2) is 0 Å². The van der Waals surface area contributed by atoms with Gasteiger partial charge in [-0.15, -0.1) is 0 Å². The van der Waals surface area contributed by atoms with Crippen LogP contribution in [0.25, 0.3) is 11.1 Å². The van der Waals surface area contributed by atoms with E-state index in [2.05, 4.69) is 6.07 Å². The summed E-state index contributed by atoms with van der Waals surface area (Å²) in [6.45, 7) is 4.50. The molecule has 0 heterocycles. The van der Waals surface area contributed by atoms with E-state index >= 15 is 0 Å². The fraction of sp³-hybridized carbons (Fsp3) is 0.200. The van der Waals surface area contributed by atoms with E-state index in [0.717, 1.165) is 22.3 Å². The van der Waals surface area contributed by atoms with Crippen LogP contribution in [0.15, 0.2) is 36.4 Å². The summed E-state index contributed by atoms with van der Waals surface area (Å²) >= 11 is 0. The van der Waals surface area contributed by atoms with Gasteiger partial charge in [-0.05, 0) is 48.2 Å². The third-order valence-electron chi connectivity index (χ3n) is 2.96. The lowest BCUT2D eigenvalue weighted by atomic mass is 9.95. The minimum Gasteiger partial charge on any atom is -0.326 e. The van der Waals surface area contributed by atoms with Crippen molar-refractivity contribution in [3.05, 3.63) is 58.9 Å². The SMILES string of the molecule is Cc1ccc(-c2cc(F)ccc2CN)c(C)c1. The minimum atomic E-state index is -0.225. The molecule has 0 bridgehead atoms. The Morgan fingerprint density at radius 1 is 1.00 bits per heavy atom. The number of nitrogens with two attached hydrogens (primary N) is 1. The Bertz CT molecular complexity index is 547. The molecule has 0 amide bonds. The zero-order chi connectivity index (χ0) is 12.4. The highest BCUT2D eigenvalue weighted by molar-refractivity contribution is 5.71. The Kier molecular flexibility index (Phi) is 3.25. The molecule has 2 rings (SSSR count). The number of benzene rings is 2. The maximum absolute atomic E-state index is 13.3. The second-order valence-corrected chi connectivity index (χ2v) is 4.32. The van der Waals surface area contributed by atoms with Crippen molar-refractivity contribution in [1.82, 2.24) is 0 Å². The minimum absolute atomic E-state index is 0.225. The van der Waals surface area contributed by atoms with Crippen molar-refractivity contribution in [3.63, 3.8) is 0 Å². The molecule has 2 N–H and O–H groups in total. The van der Waals surface area contributed by atoms with Gasteiger partial charge >= 0.3 is 0 Å². The molecular formula is C15H16FN. The average Bonchev–Trinajstić information content (AvgIpc) is 2.29. The van der Waals surface area contributed by atoms with Gasteiger partial charge in [0.2, 0.25) is 0 Å². The second-order valence-electron chi connectivity index (χ2n) is 4.32. The highest BCUT2D eigenvalue weighted by Crippen LogP contribution is 2.28. The average molecular weight is 229 g/mol. The van der Waals surface area contributed by atoms with Crippen molar-refractivity contribution in [2.24, 2.45) is 5.73 Å². The summed E-state index contributed by atoms with van der Waals surface area (Å²) in [6, 6.07) is 10.9. The van der Waals surface area contributed by atoms with E-state index in [1.807, 2.05) is 26.0 Å². The van der Waals surface area contributed by atoms with Gasteiger partial charge in [0.1, 0.15) is 5.82 Å². The van der Waals surface area contributed by atoms with E-state index in [1.54, 1.807) is 12.1 Å². The molecule has 0 aromatic heterocycles. The lowest BCUT2D eigenvalue weighted by Gasteiger charge is -2.11. The molecule has 0 aliphatic rings. The van der Waals surface area contributed by atoms with E-state index in [4.69, 9.17) is 5.73 Å². The van der Waals surface area contributed by atoms with Gasteiger partial charge in [-0.25, -0.2) is 4.39 Å². The van der Waals surface area contributed by atoms with Gasteiger partial charge < -0.3 is 5.73 Å². The van der Waals surface area contributed by atoms with Gasteiger partial charge in [-0.2, -0.15) is 0 Å². The fourth-order valence-corrected chi connectivity index (χ4v) is 2.09. The zero-order valence-corrected chi connectivity index (χ0v) is 10.1. The van der Waals surface area contributed by atoms with Crippen LogP contribution >= 0.6 is 0 Å². The highest BCUT2D eigenvalue weighted by Gasteiger charge is 2.08. The van der Waals surface area contributed by atoms with Crippen LogP contribution in [0.1, 0.15) is 16.7 Å². The van der Waals surface area contributed by atoms with E-state index < -0.39 is 0 Å². The summed E-state index contributed by atoms with van der Waals surface area (Å²) in [4.78, 5) is 0. The maximum atomic E-state index is 13.3. The number of aryl methyl sites for hydroxylation is 2. The van der Waals surface area contributed by atoms with E-state index in [0.29, 0.717) is 6.54 Å². The summed E-state index contributed by atoms with van der Waals surface area (Å²) in [5.41, 5.74) is 11.0. The first-order valence-electron chi connectivity index (χ1n) is 5.68. The maximum Gasteiger partial charge on any atom is 0.123 e. The number of hydrogen-bond acceptors (Lipinski definition) is 1. The molecule has 0 radical (unpaired) electrons. The van der Waals surface area contributed by atoms with Gasteiger partial charge in [0, 0.05) is 6.54 Å². The van der Waals surface area contributed by atoms with Crippen LogP contribution in [0, 0.1) is 19.7 Å². The normalized spacial score (nSPS) is 10.6. The molecule has 2 aromatic rings. The molecular weight excluding hydrogens is 213 g/mol. The van der Waals surface area contributed by atoms with Crippen molar-refractivity contribution in [2.45, 2.75) is 20.4 Å². The van der Waals surface area contributed by atoms with Crippen LogP contribution in [0.3, 0.4) is 0 Å². The molecule has 0 aliphatic carbocycles. The first-order valence-corrected chi connectivity index (χ1v) is 5.68. The molecule has 0 atom stereocenters. The summed E-state index contributed by atoms with van der Waals surface area (Å²) in [6.07, 6.45) is 0. The van der Waals surface area contributed by atoms with Crippen molar-refractivity contribution >= 4 is 0 Å². The molecule has 88 valence electrons. The molecule has 17 heavy (non-hydrogen) atoms. The van der Waals surface area contributed by atoms with Gasteiger partial charge in [-0.1, -0.05) is 29.8 Å².